The van der Waals surface area contributed by atoms with Crippen molar-refractivity contribution in [3.8, 4) is 17.2 Å². The zero-order valence-corrected chi connectivity index (χ0v) is 25.9. The summed E-state index contributed by atoms with van der Waals surface area (Å²) < 4.78 is 18.7. The van der Waals surface area contributed by atoms with Crippen molar-refractivity contribution in [3.63, 3.8) is 0 Å². The number of ether oxygens (including phenoxy) is 2. The number of hydrogen-bond acceptors (Lipinski definition) is 6. The Bertz CT molecular complexity index is 1760. The van der Waals surface area contributed by atoms with Crippen LogP contribution >= 0.6 is 11.6 Å². The van der Waals surface area contributed by atoms with Gasteiger partial charge in [-0.3, -0.25) is 4.79 Å². The summed E-state index contributed by atoms with van der Waals surface area (Å²) in [6, 6.07) is 15.2. The molecule has 0 N–H and O–H groups in total. The van der Waals surface area contributed by atoms with Gasteiger partial charge < -0.3 is 13.9 Å². The zero-order valence-electron chi connectivity index (χ0n) is 25.2. The molecular formula is C35H36ClNO5. The number of esters is 1. The summed E-state index contributed by atoms with van der Waals surface area (Å²) in [5.41, 5.74) is 4.17. The summed E-state index contributed by atoms with van der Waals surface area (Å²) in [6.07, 6.45) is 0.902. The van der Waals surface area contributed by atoms with Gasteiger partial charge in [0.1, 0.15) is 11.3 Å². The lowest BCUT2D eigenvalue weighted by Crippen LogP contribution is -2.63. The number of hydrogen-bond donors (Lipinski definition) is 0. The van der Waals surface area contributed by atoms with E-state index in [9.17, 15) is 9.59 Å². The van der Waals surface area contributed by atoms with E-state index >= 15 is 0 Å². The smallest absolute Gasteiger partial charge is 0.359 e. The summed E-state index contributed by atoms with van der Waals surface area (Å²) >= 11 is 6.67. The van der Waals surface area contributed by atoms with E-state index in [2.05, 4.69) is 53.7 Å². The third kappa shape index (κ3) is 4.43. The van der Waals surface area contributed by atoms with Gasteiger partial charge in [-0.05, 0) is 65.5 Å². The van der Waals surface area contributed by atoms with Crippen molar-refractivity contribution in [3.05, 3.63) is 81.4 Å². The van der Waals surface area contributed by atoms with Crippen LogP contribution in [0.3, 0.4) is 0 Å². The third-order valence-electron chi connectivity index (χ3n) is 8.47. The van der Waals surface area contributed by atoms with Gasteiger partial charge >= 0.3 is 5.97 Å². The standard InChI is InChI=1S/C35H36ClNO5/c1-8-40-32(39)35-22(13-19-11-9-10-12-24(19)30(35)38)14-20-15-23(36)18-25(28(20)42-35)31-37-27-17-21(33(2,3)4)16-26(29(27)41-31)34(5,6)7/h9-12,15-18,22H,8,13-14H2,1-7H3/t22-,35-/m0/s1. The second-order valence-electron chi connectivity index (χ2n) is 13.5. The quantitative estimate of drug-likeness (QED) is 0.179. The van der Waals surface area contributed by atoms with Crippen LogP contribution in [0.15, 0.2) is 52.9 Å². The van der Waals surface area contributed by atoms with Crippen molar-refractivity contribution in [2.75, 3.05) is 6.61 Å². The Morgan fingerprint density at radius 2 is 1.71 bits per heavy atom. The number of ketones is 1. The van der Waals surface area contributed by atoms with Gasteiger partial charge in [-0.25, -0.2) is 9.78 Å². The Hall–Kier alpha value is -3.64. The van der Waals surface area contributed by atoms with E-state index in [1.807, 2.05) is 18.2 Å². The van der Waals surface area contributed by atoms with Crippen LogP contribution in [0.4, 0.5) is 0 Å². The molecule has 0 spiro atoms. The summed E-state index contributed by atoms with van der Waals surface area (Å²) in [5, 5.41) is 0.493. The zero-order chi connectivity index (χ0) is 30.2. The molecule has 2 atom stereocenters. The normalized spacial score (nSPS) is 20.0. The molecule has 6 rings (SSSR count). The predicted octanol–water partition coefficient (Wildman–Crippen LogP) is 8.04. The molecule has 4 aromatic rings. The Labute approximate surface area is 251 Å². The molecule has 0 saturated heterocycles. The molecule has 0 unspecified atom stereocenters. The lowest BCUT2D eigenvalue weighted by molar-refractivity contribution is -0.163. The molecule has 6 nitrogen and oxygen atoms in total. The van der Waals surface area contributed by atoms with Crippen LogP contribution in [0.25, 0.3) is 22.6 Å². The molecule has 0 bridgehead atoms. The summed E-state index contributed by atoms with van der Waals surface area (Å²) in [7, 11) is 0. The van der Waals surface area contributed by atoms with E-state index in [4.69, 9.17) is 30.5 Å². The Morgan fingerprint density at radius 1 is 1.00 bits per heavy atom. The molecule has 0 radical (unpaired) electrons. The van der Waals surface area contributed by atoms with Crippen LogP contribution in [-0.4, -0.2) is 28.9 Å². The largest absolute Gasteiger partial charge is 0.466 e. The van der Waals surface area contributed by atoms with E-state index < -0.39 is 17.5 Å². The third-order valence-corrected chi connectivity index (χ3v) is 8.69. The lowest BCUT2D eigenvalue weighted by Gasteiger charge is -2.44. The summed E-state index contributed by atoms with van der Waals surface area (Å²) in [5.74, 6) is -0.828. The first-order chi connectivity index (χ1) is 19.7. The molecule has 1 aliphatic carbocycles. The maximum absolute atomic E-state index is 14.2. The van der Waals surface area contributed by atoms with Gasteiger partial charge in [-0.15, -0.1) is 0 Å². The van der Waals surface area contributed by atoms with E-state index in [-0.39, 0.29) is 23.2 Å². The van der Waals surface area contributed by atoms with E-state index in [1.54, 1.807) is 25.1 Å². The predicted molar refractivity (Wildman–Crippen MR) is 164 cm³/mol. The molecule has 218 valence electrons. The van der Waals surface area contributed by atoms with Crippen molar-refractivity contribution in [2.45, 2.75) is 77.7 Å². The Balaban J connectivity index is 1.56. The highest BCUT2D eigenvalue weighted by molar-refractivity contribution is 6.31. The highest BCUT2D eigenvalue weighted by atomic mass is 35.5. The summed E-state index contributed by atoms with van der Waals surface area (Å²) in [6.45, 7) is 14.8. The number of carbonyl (C=O) groups is 2. The minimum absolute atomic E-state index is 0.0930. The second-order valence-corrected chi connectivity index (χ2v) is 13.9. The van der Waals surface area contributed by atoms with Gasteiger partial charge in [0.25, 0.3) is 5.60 Å². The average Bonchev–Trinajstić information content (AvgIpc) is 3.34. The number of oxazole rings is 1. The van der Waals surface area contributed by atoms with Gasteiger partial charge in [0.05, 0.1) is 12.2 Å². The molecule has 7 heteroatoms. The highest BCUT2D eigenvalue weighted by Crippen LogP contribution is 2.50. The maximum Gasteiger partial charge on any atom is 0.359 e. The number of aromatic nitrogens is 1. The fourth-order valence-electron chi connectivity index (χ4n) is 6.24. The minimum atomic E-state index is -1.82. The number of benzene rings is 3. The molecule has 3 aromatic carbocycles. The Morgan fingerprint density at radius 3 is 2.40 bits per heavy atom. The van der Waals surface area contributed by atoms with Crippen molar-refractivity contribution in [2.24, 2.45) is 5.92 Å². The van der Waals surface area contributed by atoms with Crippen LogP contribution in [-0.2, 0) is 33.2 Å². The molecule has 1 aliphatic heterocycles. The number of nitrogens with zero attached hydrogens (tertiary/aromatic N) is 1. The van der Waals surface area contributed by atoms with E-state index in [1.165, 1.54) is 0 Å². The summed E-state index contributed by atoms with van der Waals surface area (Å²) in [4.78, 5) is 32.8. The first kappa shape index (κ1) is 28.5. The van der Waals surface area contributed by atoms with Crippen molar-refractivity contribution < 1.29 is 23.5 Å². The van der Waals surface area contributed by atoms with Crippen LogP contribution in [0.1, 0.15) is 81.1 Å². The van der Waals surface area contributed by atoms with Crippen LogP contribution in [0, 0.1) is 5.92 Å². The van der Waals surface area contributed by atoms with Crippen LogP contribution in [0.2, 0.25) is 5.02 Å². The van der Waals surface area contributed by atoms with Crippen molar-refractivity contribution >= 4 is 34.5 Å². The number of Topliss-reactive ketones (excluding diaryl/α,β-unsaturated/α-hetero) is 1. The van der Waals surface area contributed by atoms with Crippen LogP contribution < -0.4 is 4.74 Å². The van der Waals surface area contributed by atoms with E-state index in [0.29, 0.717) is 46.2 Å². The fraction of sp³-hybridized carbons (Fsp3) is 0.400. The Kier molecular flexibility index (Phi) is 6.58. The van der Waals surface area contributed by atoms with Gasteiger partial charge in [-0.2, -0.15) is 0 Å². The SMILES string of the molecule is CCOC(=O)[C@]12Oc3c(cc(Cl)cc3-c3nc4cc(C(C)(C)C)cc(C(C)(C)C)c4o3)C[C@@H]1Cc1ccccc1C2=O. The van der Waals surface area contributed by atoms with Gasteiger partial charge in [0, 0.05) is 22.1 Å². The highest BCUT2D eigenvalue weighted by Gasteiger charge is 2.61. The number of halogens is 1. The maximum atomic E-state index is 14.2. The number of rotatable bonds is 3. The molecule has 0 saturated carbocycles. The topological polar surface area (TPSA) is 78.6 Å². The van der Waals surface area contributed by atoms with Gasteiger partial charge in [0.15, 0.2) is 5.58 Å². The van der Waals surface area contributed by atoms with Gasteiger partial charge in [-0.1, -0.05) is 83.5 Å². The molecule has 0 amide bonds. The van der Waals surface area contributed by atoms with Crippen LogP contribution in [0.5, 0.6) is 5.75 Å². The molecule has 42 heavy (non-hydrogen) atoms. The number of fused-ring (bicyclic) bond motifs is 4. The van der Waals surface area contributed by atoms with E-state index in [0.717, 1.165) is 27.8 Å². The minimum Gasteiger partial charge on any atom is -0.466 e. The van der Waals surface area contributed by atoms with Crippen molar-refractivity contribution in [1.29, 1.82) is 0 Å². The fourth-order valence-corrected chi connectivity index (χ4v) is 6.49. The van der Waals surface area contributed by atoms with Crippen molar-refractivity contribution in [1.82, 2.24) is 4.98 Å². The number of carbonyl (C=O) groups excluding carboxylic acids is 2. The molecule has 1 aromatic heterocycles. The average molecular weight is 586 g/mol. The molecular weight excluding hydrogens is 550 g/mol. The second kappa shape index (κ2) is 9.70. The molecule has 0 fully saturated rings. The first-order valence-corrected chi connectivity index (χ1v) is 14.9. The first-order valence-electron chi connectivity index (χ1n) is 14.5. The van der Waals surface area contributed by atoms with Gasteiger partial charge in [0.2, 0.25) is 11.7 Å². The molecule has 2 heterocycles. The monoisotopic (exact) mass is 585 g/mol. The lowest BCUT2D eigenvalue weighted by atomic mass is 9.67. The molecule has 2 aliphatic rings.